The topological polar surface area (TPSA) is 49.3 Å². The predicted molar refractivity (Wildman–Crippen MR) is 82.8 cm³/mol. The fraction of sp³-hybridized carbons (Fsp3) is 0.588. The lowest BCUT2D eigenvalue weighted by Crippen LogP contribution is -2.32. The van der Waals surface area contributed by atoms with Crippen LogP contribution in [0.15, 0.2) is 24.3 Å². The number of amides is 1. The molecule has 1 atom stereocenters. The smallest absolute Gasteiger partial charge is 0.220 e. The van der Waals surface area contributed by atoms with Crippen LogP contribution in [0.1, 0.15) is 57.1 Å². The van der Waals surface area contributed by atoms with Crippen LogP contribution >= 0.6 is 0 Å². The molecule has 1 amide bonds. The minimum absolute atomic E-state index is 0.0865. The molecule has 0 aromatic heterocycles. The van der Waals surface area contributed by atoms with Crippen LogP contribution in [-0.4, -0.2) is 23.7 Å². The van der Waals surface area contributed by atoms with Crippen LogP contribution < -0.4 is 5.32 Å². The van der Waals surface area contributed by atoms with Crippen LogP contribution in [0.5, 0.6) is 0 Å². The van der Waals surface area contributed by atoms with E-state index in [2.05, 4.69) is 43.4 Å². The third-order valence-corrected chi connectivity index (χ3v) is 3.49. The van der Waals surface area contributed by atoms with Gasteiger partial charge in [-0.25, -0.2) is 0 Å². The SMILES string of the molecule is CC(CCCO)NC(=O)CCc1ccc(C(C)C)cc1. The van der Waals surface area contributed by atoms with Gasteiger partial charge in [-0.1, -0.05) is 38.1 Å². The number of aryl methyl sites for hydroxylation is 1. The Morgan fingerprint density at radius 1 is 1.20 bits per heavy atom. The molecule has 0 fully saturated rings. The first-order chi connectivity index (χ1) is 9.52. The molecule has 0 aliphatic rings. The lowest BCUT2D eigenvalue weighted by Gasteiger charge is -2.13. The van der Waals surface area contributed by atoms with Gasteiger partial charge in [0.15, 0.2) is 0 Å². The first-order valence-electron chi connectivity index (χ1n) is 7.52. The molecule has 3 nitrogen and oxygen atoms in total. The maximum Gasteiger partial charge on any atom is 0.220 e. The first kappa shape index (κ1) is 16.7. The van der Waals surface area contributed by atoms with Crippen LogP contribution in [0, 0.1) is 0 Å². The normalized spacial score (nSPS) is 12.4. The molecule has 0 heterocycles. The van der Waals surface area contributed by atoms with Crippen molar-refractivity contribution in [1.82, 2.24) is 5.32 Å². The monoisotopic (exact) mass is 277 g/mol. The number of benzene rings is 1. The first-order valence-corrected chi connectivity index (χ1v) is 7.52. The third-order valence-electron chi connectivity index (χ3n) is 3.49. The molecule has 1 aromatic carbocycles. The molecule has 20 heavy (non-hydrogen) atoms. The summed E-state index contributed by atoms with van der Waals surface area (Å²) in [7, 11) is 0. The van der Waals surface area contributed by atoms with Gasteiger partial charge in [0.1, 0.15) is 0 Å². The highest BCUT2D eigenvalue weighted by Crippen LogP contribution is 2.15. The van der Waals surface area contributed by atoms with Crippen molar-refractivity contribution in [3.63, 3.8) is 0 Å². The maximum absolute atomic E-state index is 11.8. The second-order valence-corrected chi connectivity index (χ2v) is 5.73. The molecule has 1 aromatic rings. The van der Waals surface area contributed by atoms with Crippen molar-refractivity contribution in [2.75, 3.05) is 6.61 Å². The molecule has 0 spiro atoms. The summed E-state index contributed by atoms with van der Waals surface area (Å²) in [5, 5.41) is 11.7. The summed E-state index contributed by atoms with van der Waals surface area (Å²) in [5.41, 5.74) is 2.53. The van der Waals surface area contributed by atoms with Crippen LogP contribution in [0.25, 0.3) is 0 Å². The number of nitrogens with one attached hydrogen (secondary N) is 1. The number of hydrogen-bond acceptors (Lipinski definition) is 2. The highest BCUT2D eigenvalue weighted by Gasteiger charge is 2.07. The number of rotatable bonds is 8. The average Bonchev–Trinajstić information content (AvgIpc) is 2.43. The maximum atomic E-state index is 11.8. The van der Waals surface area contributed by atoms with E-state index in [1.54, 1.807) is 0 Å². The Bertz CT molecular complexity index is 398. The molecule has 0 saturated carbocycles. The van der Waals surface area contributed by atoms with Crippen LogP contribution in [0.3, 0.4) is 0 Å². The Hall–Kier alpha value is -1.35. The lowest BCUT2D eigenvalue weighted by molar-refractivity contribution is -0.121. The molecule has 0 aliphatic carbocycles. The zero-order valence-corrected chi connectivity index (χ0v) is 12.9. The van der Waals surface area contributed by atoms with Gasteiger partial charge < -0.3 is 10.4 Å². The Morgan fingerprint density at radius 2 is 1.85 bits per heavy atom. The quantitative estimate of drug-likeness (QED) is 0.767. The molecular formula is C17H27NO2. The molecule has 112 valence electrons. The molecule has 1 rings (SSSR count). The van der Waals surface area contributed by atoms with Gasteiger partial charge in [0.25, 0.3) is 0 Å². The summed E-state index contributed by atoms with van der Waals surface area (Å²) >= 11 is 0. The summed E-state index contributed by atoms with van der Waals surface area (Å²) in [4.78, 5) is 11.8. The number of aliphatic hydroxyl groups excluding tert-OH is 1. The van der Waals surface area contributed by atoms with E-state index in [-0.39, 0.29) is 18.6 Å². The van der Waals surface area contributed by atoms with Gasteiger partial charge in [0.05, 0.1) is 0 Å². The highest BCUT2D eigenvalue weighted by atomic mass is 16.2. The van der Waals surface area contributed by atoms with E-state index in [9.17, 15) is 4.79 Å². The molecule has 0 bridgehead atoms. The second kappa shape index (κ2) is 8.75. The van der Waals surface area contributed by atoms with Crippen molar-refractivity contribution in [3.8, 4) is 0 Å². The van der Waals surface area contributed by atoms with Gasteiger partial charge in [-0.15, -0.1) is 0 Å². The van der Waals surface area contributed by atoms with Crippen molar-refractivity contribution >= 4 is 5.91 Å². The molecule has 0 radical (unpaired) electrons. The largest absolute Gasteiger partial charge is 0.396 e. The summed E-state index contributed by atoms with van der Waals surface area (Å²) < 4.78 is 0. The summed E-state index contributed by atoms with van der Waals surface area (Å²) in [6, 6.07) is 8.64. The van der Waals surface area contributed by atoms with E-state index in [1.807, 2.05) is 6.92 Å². The van der Waals surface area contributed by atoms with Gasteiger partial charge in [-0.05, 0) is 43.2 Å². The van der Waals surface area contributed by atoms with Gasteiger partial charge in [-0.2, -0.15) is 0 Å². The van der Waals surface area contributed by atoms with Gasteiger partial charge in [0, 0.05) is 19.1 Å². The van der Waals surface area contributed by atoms with Gasteiger partial charge in [-0.3, -0.25) is 4.79 Å². The van der Waals surface area contributed by atoms with Crippen molar-refractivity contribution in [3.05, 3.63) is 35.4 Å². The van der Waals surface area contributed by atoms with E-state index in [0.29, 0.717) is 12.3 Å². The number of carbonyl (C=O) groups excluding carboxylic acids is 1. The Balaban J connectivity index is 2.33. The minimum atomic E-state index is 0.0865. The van der Waals surface area contributed by atoms with E-state index in [1.165, 1.54) is 11.1 Å². The zero-order chi connectivity index (χ0) is 15.0. The minimum Gasteiger partial charge on any atom is -0.396 e. The van der Waals surface area contributed by atoms with Crippen molar-refractivity contribution in [2.45, 2.75) is 58.4 Å². The molecule has 1 unspecified atom stereocenters. The van der Waals surface area contributed by atoms with E-state index in [4.69, 9.17) is 5.11 Å². The van der Waals surface area contributed by atoms with E-state index < -0.39 is 0 Å². The van der Waals surface area contributed by atoms with E-state index in [0.717, 1.165) is 19.3 Å². The van der Waals surface area contributed by atoms with Crippen LogP contribution in [-0.2, 0) is 11.2 Å². The Labute approximate surface area is 122 Å². The molecule has 0 saturated heterocycles. The van der Waals surface area contributed by atoms with Gasteiger partial charge >= 0.3 is 0 Å². The average molecular weight is 277 g/mol. The predicted octanol–water partition coefficient (Wildman–Crippen LogP) is 3.02. The Kier molecular flexibility index (Phi) is 7.31. The number of aliphatic hydroxyl groups is 1. The number of carbonyl (C=O) groups is 1. The summed E-state index contributed by atoms with van der Waals surface area (Å²) in [6.07, 6.45) is 2.85. The van der Waals surface area contributed by atoms with Crippen LogP contribution in [0.2, 0.25) is 0 Å². The molecule has 0 aliphatic heterocycles. The van der Waals surface area contributed by atoms with Gasteiger partial charge in [0.2, 0.25) is 5.91 Å². The fourth-order valence-corrected chi connectivity index (χ4v) is 2.14. The second-order valence-electron chi connectivity index (χ2n) is 5.73. The van der Waals surface area contributed by atoms with Crippen LogP contribution in [0.4, 0.5) is 0 Å². The molecule has 3 heteroatoms. The van der Waals surface area contributed by atoms with E-state index >= 15 is 0 Å². The lowest BCUT2D eigenvalue weighted by atomic mass is 10.0. The zero-order valence-electron chi connectivity index (χ0n) is 12.9. The standard InChI is InChI=1S/C17H27NO2/c1-13(2)16-9-6-15(7-10-16)8-11-17(20)18-14(3)5-4-12-19/h6-7,9-10,13-14,19H,4-5,8,11-12H2,1-3H3,(H,18,20). The summed E-state index contributed by atoms with van der Waals surface area (Å²) in [5.74, 6) is 0.628. The van der Waals surface area contributed by atoms with Crippen molar-refractivity contribution in [1.29, 1.82) is 0 Å². The summed E-state index contributed by atoms with van der Waals surface area (Å²) in [6.45, 7) is 6.51. The highest BCUT2D eigenvalue weighted by molar-refractivity contribution is 5.76. The van der Waals surface area contributed by atoms with Crippen molar-refractivity contribution in [2.24, 2.45) is 0 Å². The Morgan fingerprint density at radius 3 is 2.40 bits per heavy atom. The molecular weight excluding hydrogens is 250 g/mol. The third kappa shape index (κ3) is 6.20. The number of hydrogen-bond donors (Lipinski definition) is 2. The molecule has 2 N–H and O–H groups in total. The fourth-order valence-electron chi connectivity index (χ4n) is 2.14. The van der Waals surface area contributed by atoms with Crippen molar-refractivity contribution < 1.29 is 9.90 Å².